The summed E-state index contributed by atoms with van der Waals surface area (Å²) < 4.78 is 41.4. The summed E-state index contributed by atoms with van der Waals surface area (Å²) in [5.41, 5.74) is 0.177. The zero-order chi connectivity index (χ0) is 13.9. The summed E-state index contributed by atoms with van der Waals surface area (Å²) in [6.45, 7) is 0. The molecule has 0 saturated carbocycles. The Labute approximate surface area is 120 Å². The summed E-state index contributed by atoms with van der Waals surface area (Å²) in [6.07, 6.45) is -1.89. The molecule has 0 aliphatic rings. The van der Waals surface area contributed by atoms with Gasteiger partial charge in [0.2, 0.25) is 0 Å². The van der Waals surface area contributed by atoms with Crippen LogP contribution in [0.4, 0.5) is 24.7 Å². The number of ether oxygens (including phenoxy) is 1. The second-order valence-corrected chi connectivity index (χ2v) is 4.55. The van der Waals surface area contributed by atoms with Crippen LogP contribution < -0.4 is 10.1 Å². The smallest absolute Gasteiger partial charge is 0.404 e. The normalized spacial score (nSPS) is 11.2. The largest absolute Gasteiger partial charge is 0.573 e. The second-order valence-electron chi connectivity index (χ2n) is 3.39. The maximum Gasteiger partial charge on any atom is 0.573 e. The Morgan fingerprint density at radius 3 is 2.63 bits per heavy atom. The monoisotopic (exact) mass is 381 g/mol. The van der Waals surface area contributed by atoms with Gasteiger partial charge in [-0.1, -0.05) is 12.1 Å². The van der Waals surface area contributed by atoms with Gasteiger partial charge in [-0.15, -0.1) is 13.2 Å². The van der Waals surface area contributed by atoms with Crippen molar-refractivity contribution in [3.63, 3.8) is 0 Å². The van der Waals surface area contributed by atoms with Gasteiger partial charge >= 0.3 is 6.36 Å². The van der Waals surface area contributed by atoms with Gasteiger partial charge in [0.25, 0.3) is 0 Å². The van der Waals surface area contributed by atoms with Crippen LogP contribution in [-0.2, 0) is 0 Å². The molecule has 1 N–H and O–H groups in total. The minimum Gasteiger partial charge on any atom is -0.404 e. The van der Waals surface area contributed by atoms with Crippen molar-refractivity contribution in [3.05, 3.63) is 40.4 Å². The van der Waals surface area contributed by atoms with Crippen molar-refractivity contribution < 1.29 is 17.9 Å². The molecule has 0 atom stereocenters. The molecule has 0 fully saturated rings. The fourth-order valence-electron chi connectivity index (χ4n) is 1.32. The molecule has 4 nitrogen and oxygen atoms in total. The van der Waals surface area contributed by atoms with E-state index in [1.807, 2.05) is 22.6 Å². The van der Waals surface area contributed by atoms with Crippen LogP contribution in [0.1, 0.15) is 0 Å². The van der Waals surface area contributed by atoms with Crippen LogP contribution in [0.25, 0.3) is 0 Å². The van der Waals surface area contributed by atoms with Gasteiger partial charge in [-0.25, -0.2) is 9.97 Å². The van der Waals surface area contributed by atoms with E-state index in [1.54, 1.807) is 12.3 Å². The third-order valence-corrected chi connectivity index (χ3v) is 2.82. The molecular weight excluding hydrogens is 374 g/mol. The molecular formula is C11H7F3IN3O. The molecule has 0 aliphatic heterocycles. The van der Waals surface area contributed by atoms with Crippen molar-refractivity contribution in [1.82, 2.24) is 9.97 Å². The molecule has 0 radical (unpaired) electrons. The molecule has 1 heterocycles. The molecule has 8 heteroatoms. The summed E-state index contributed by atoms with van der Waals surface area (Å²) in [4.78, 5) is 7.74. The number of benzene rings is 1. The first-order valence-electron chi connectivity index (χ1n) is 5.03. The highest BCUT2D eigenvalue weighted by Crippen LogP contribution is 2.32. The first-order valence-corrected chi connectivity index (χ1v) is 6.11. The lowest BCUT2D eigenvalue weighted by Crippen LogP contribution is -2.18. The fourth-order valence-corrected chi connectivity index (χ4v) is 1.75. The number of nitrogens with zero attached hydrogens (tertiary/aromatic N) is 2. The van der Waals surface area contributed by atoms with Crippen LogP contribution in [-0.4, -0.2) is 16.3 Å². The quantitative estimate of drug-likeness (QED) is 0.824. The van der Waals surface area contributed by atoms with E-state index in [-0.39, 0.29) is 11.4 Å². The Morgan fingerprint density at radius 2 is 1.95 bits per heavy atom. The van der Waals surface area contributed by atoms with Gasteiger partial charge in [-0.3, -0.25) is 0 Å². The van der Waals surface area contributed by atoms with Crippen LogP contribution in [0.2, 0.25) is 0 Å². The molecule has 0 saturated heterocycles. The third-order valence-electron chi connectivity index (χ3n) is 2.03. The SMILES string of the molecule is FC(F)(F)Oc1ccccc1Nc1ncncc1I. The number of hydrogen-bond donors (Lipinski definition) is 1. The number of para-hydroxylation sites is 2. The molecule has 0 bridgehead atoms. The van der Waals surface area contributed by atoms with E-state index in [0.717, 1.165) is 0 Å². The van der Waals surface area contributed by atoms with Crippen molar-refractivity contribution >= 4 is 34.1 Å². The van der Waals surface area contributed by atoms with Gasteiger partial charge in [-0.2, -0.15) is 0 Å². The summed E-state index contributed by atoms with van der Waals surface area (Å²) in [5, 5.41) is 2.78. The highest BCUT2D eigenvalue weighted by atomic mass is 127. The maximum absolute atomic E-state index is 12.3. The number of anilines is 2. The Balaban J connectivity index is 2.28. The number of aromatic nitrogens is 2. The predicted octanol–water partition coefficient (Wildman–Crippen LogP) is 3.72. The highest BCUT2D eigenvalue weighted by Gasteiger charge is 2.32. The molecule has 2 rings (SSSR count). The van der Waals surface area contributed by atoms with Gasteiger partial charge in [0.15, 0.2) is 5.75 Å². The Hall–Kier alpha value is -1.58. The van der Waals surface area contributed by atoms with E-state index < -0.39 is 6.36 Å². The molecule has 1 aromatic heterocycles. The fraction of sp³-hybridized carbons (Fsp3) is 0.0909. The van der Waals surface area contributed by atoms with E-state index >= 15 is 0 Å². The zero-order valence-corrected chi connectivity index (χ0v) is 11.4. The molecule has 0 amide bonds. The van der Waals surface area contributed by atoms with Crippen molar-refractivity contribution in [2.45, 2.75) is 6.36 Å². The van der Waals surface area contributed by atoms with Crippen LogP contribution in [0, 0.1) is 3.57 Å². The van der Waals surface area contributed by atoms with Gasteiger partial charge in [0.1, 0.15) is 12.1 Å². The first-order chi connectivity index (χ1) is 8.96. The van der Waals surface area contributed by atoms with Crippen LogP contribution in [0.3, 0.4) is 0 Å². The number of nitrogens with one attached hydrogen (secondary N) is 1. The lowest BCUT2D eigenvalue weighted by Gasteiger charge is -2.14. The number of rotatable bonds is 3. The zero-order valence-electron chi connectivity index (χ0n) is 9.28. The van der Waals surface area contributed by atoms with E-state index in [0.29, 0.717) is 9.39 Å². The minimum atomic E-state index is -4.74. The van der Waals surface area contributed by atoms with E-state index in [1.165, 1.54) is 24.5 Å². The average molecular weight is 381 g/mol. The summed E-state index contributed by atoms with van der Waals surface area (Å²) in [7, 11) is 0. The Morgan fingerprint density at radius 1 is 1.21 bits per heavy atom. The summed E-state index contributed by atoms with van der Waals surface area (Å²) in [5.74, 6) is 0.0956. The molecule has 0 unspecified atom stereocenters. The molecule has 0 spiro atoms. The van der Waals surface area contributed by atoms with Gasteiger partial charge in [0, 0.05) is 6.20 Å². The molecule has 2 aromatic rings. The molecule has 1 aromatic carbocycles. The Bertz CT molecular complexity index is 577. The van der Waals surface area contributed by atoms with E-state index in [4.69, 9.17) is 0 Å². The third kappa shape index (κ3) is 3.94. The van der Waals surface area contributed by atoms with Gasteiger partial charge < -0.3 is 10.1 Å². The van der Waals surface area contributed by atoms with Crippen LogP contribution >= 0.6 is 22.6 Å². The van der Waals surface area contributed by atoms with Gasteiger partial charge in [-0.05, 0) is 34.7 Å². The van der Waals surface area contributed by atoms with E-state index in [2.05, 4.69) is 20.0 Å². The number of halogens is 4. The summed E-state index contributed by atoms with van der Waals surface area (Å²) >= 11 is 1.98. The molecule has 100 valence electrons. The number of alkyl halides is 3. The first kappa shape index (κ1) is 13.8. The molecule has 0 aliphatic carbocycles. The van der Waals surface area contributed by atoms with E-state index in [9.17, 15) is 13.2 Å². The second kappa shape index (κ2) is 5.59. The van der Waals surface area contributed by atoms with Crippen LogP contribution in [0.15, 0.2) is 36.8 Å². The van der Waals surface area contributed by atoms with Crippen molar-refractivity contribution in [2.75, 3.05) is 5.32 Å². The van der Waals surface area contributed by atoms with Crippen molar-refractivity contribution in [2.24, 2.45) is 0 Å². The lowest BCUT2D eigenvalue weighted by molar-refractivity contribution is -0.274. The topological polar surface area (TPSA) is 47.0 Å². The molecule has 19 heavy (non-hydrogen) atoms. The maximum atomic E-state index is 12.3. The van der Waals surface area contributed by atoms with Crippen molar-refractivity contribution in [3.8, 4) is 5.75 Å². The van der Waals surface area contributed by atoms with Gasteiger partial charge in [0.05, 0.1) is 9.26 Å². The Kier molecular flexibility index (Phi) is 4.08. The average Bonchev–Trinajstić information content (AvgIpc) is 2.33. The predicted molar refractivity (Wildman–Crippen MR) is 71.2 cm³/mol. The van der Waals surface area contributed by atoms with Crippen molar-refractivity contribution in [1.29, 1.82) is 0 Å². The number of hydrogen-bond acceptors (Lipinski definition) is 4. The highest BCUT2D eigenvalue weighted by molar-refractivity contribution is 14.1. The standard InChI is InChI=1S/C11H7F3IN3O/c12-11(13,14)19-9-4-2-1-3-8(9)18-10-7(15)5-16-6-17-10/h1-6H,(H,16,17,18). The minimum absolute atomic E-state index is 0.177. The summed E-state index contributed by atoms with van der Waals surface area (Å²) in [6, 6.07) is 5.75. The lowest BCUT2D eigenvalue weighted by atomic mass is 10.3. The van der Waals surface area contributed by atoms with Crippen LogP contribution in [0.5, 0.6) is 5.75 Å².